The molecule has 2 aromatic rings. The molecule has 0 amide bonds. The van der Waals surface area contributed by atoms with E-state index in [9.17, 15) is 0 Å². The van der Waals surface area contributed by atoms with E-state index in [2.05, 4.69) is 15.3 Å². The van der Waals surface area contributed by atoms with Crippen molar-refractivity contribution in [2.45, 2.75) is 18.9 Å². The molecular weight excluding hydrogens is 226 g/mol. The van der Waals surface area contributed by atoms with Gasteiger partial charge >= 0.3 is 0 Å². The van der Waals surface area contributed by atoms with E-state index in [0.29, 0.717) is 6.10 Å². The smallest absolute Gasteiger partial charge is 0.129 e. The van der Waals surface area contributed by atoms with Crippen LogP contribution in [0.15, 0.2) is 36.7 Å². The number of aromatic nitrogens is 2. The van der Waals surface area contributed by atoms with E-state index in [-0.39, 0.29) is 0 Å². The van der Waals surface area contributed by atoms with Crippen LogP contribution in [0.2, 0.25) is 0 Å². The van der Waals surface area contributed by atoms with Gasteiger partial charge in [-0.3, -0.25) is 0 Å². The lowest BCUT2D eigenvalue weighted by Gasteiger charge is -2.06. The SMILES string of the molecule is CNc1cc(-c2ccc(OC3CC3)cc2)ncn1. The first kappa shape index (κ1) is 11.0. The average Bonchev–Trinajstić information content (AvgIpc) is 3.24. The topological polar surface area (TPSA) is 47.0 Å². The van der Waals surface area contributed by atoms with Crippen LogP contribution in [-0.2, 0) is 0 Å². The molecule has 18 heavy (non-hydrogen) atoms. The third kappa shape index (κ3) is 2.42. The van der Waals surface area contributed by atoms with E-state index < -0.39 is 0 Å². The molecule has 1 saturated carbocycles. The fraction of sp³-hybridized carbons (Fsp3) is 0.286. The van der Waals surface area contributed by atoms with Crippen molar-refractivity contribution in [2.75, 3.05) is 12.4 Å². The Hall–Kier alpha value is -2.10. The summed E-state index contributed by atoms with van der Waals surface area (Å²) in [5, 5.41) is 3.01. The molecular formula is C14H15N3O. The highest BCUT2D eigenvalue weighted by molar-refractivity contribution is 5.62. The van der Waals surface area contributed by atoms with Gasteiger partial charge in [-0.15, -0.1) is 0 Å². The van der Waals surface area contributed by atoms with Crippen molar-refractivity contribution in [1.82, 2.24) is 9.97 Å². The number of rotatable bonds is 4. The second-order valence-electron chi connectivity index (χ2n) is 4.38. The Morgan fingerprint density at radius 1 is 1.17 bits per heavy atom. The lowest BCUT2D eigenvalue weighted by atomic mass is 10.1. The Bertz CT molecular complexity index is 535. The fourth-order valence-electron chi connectivity index (χ4n) is 1.73. The van der Waals surface area contributed by atoms with Crippen molar-refractivity contribution in [3.63, 3.8) is 0 Å². The molecule has 0 saturated heterocycles. The molecule has 0 atom stereocenters. The minimum absolute atomic E-state index is 0.436. The number of anilines is 1. The van der Waals surface area contributed by atoms with Crippen molar-refractivity contribution in [3.05, 3.63) is 36.7 Å². The molecule has 1 N–H and O–H groups in total. The molecule has 4 nitrogen and oxygen atoms in total. The molecule has 3 rings (SSSR count). The first-order valence-electron chi connectivity index (χ1n) is 6.12. The number of hydrogen-bond donors (Lipinski definition) is 1. The Morgan fingerprint density at radius 3 is 2.61 bits per heavy atom. The normalized spacial score (nSPS) is 14.3. The molecule has 1 aliphatic rings. The Balaban J connectivity index is 1.81. The first-order chi connectivity index (χ1) is 8.85. The third-order valence-electron chi connectivity index (χ3n) is 2.90. The molecule has 1 aliphatic carbocycles. The zero-order chi connectivity index (χ0) is 12.4. The van der Waals surface area contributed by atoms with Crippen LogP contribution in [0.25, 0.3) is 11.3 Å². The van der Waals surface area contributed by atoms with Gasteiger partial charge in [0.1, 0.15) is 17.9 Å². The standard InChI is InChI=1S/C14H15N3O/c1-15-14-8-13(16-9-17-14)10-2-4-11(5-3-10)18-12-6-7-12/h2-5,8-9,12H,6-7H2,1H3,(H,15,16,17). The third-order valence-corrected chi connectivity index (χ3v) is 2.90. The van der Waals surface area contributed by atoms with Gasteiger partial charge < -0.3 is 10.1 Å². The van der Waals surface area contributed by atoms with Crippen LogP contribution in [0.1, 0.15) is 12.8 Å². The summed E-state index contributed by atoms with van der Waals surface area (Å²) in [6, 6.07) is 9.97. The minimum atomic E-state index is 0.436. The Kier molecular flexibility index (Phi) is 2.84. The molecule has 0 aliphatic heterocycles. The number of nitrogens with zero attached hydrogens (tertiary/aromatic N) is 2. The van der Waals surface area contributed by atoms with Crippen molar-refractivity contribution >= 4 is 5.82 Å². The van der Waals surface area contributed by atoms with Gasteiger partial charge in [0.2, 0.25) is 0 Å². The van der Waals surface area contributed by atoms with Crippen LogP contribution in [0.4, 0.5) is 5.82 Å². The molecule has 0 radical (unpaired) electrons. The van der Waals surface area contributed by atoms with E-state index in [4.69, 9.17) is 4.74 Å². The van der Waals surface area contributed by atoms with Crippen molar-refractivity contribution in [2.24, 2.45) is 0 Å². The van der Waals surface area contributed by atoms with Crippen LogP contribution < -0.4 is 10.1 Å². The van der Waals surface area contributed by atoms with Gasteiger partial charge in [0, 0.05) is 18.7 Å². The zero-order valence-electron chi connectivity index (χ0n) is 10.3. The van der Waals surface area contributed by atoms with Gasteiger partial charge in [0.25, 0.3) is 0 Å². The maximum absolute atomic E-state index is 5.72. The molecule has 0 unspecified atom stereocenters. The summed E-state index contributed by atoms with van der Waals surface area (Å²) in [5.41, 5.74) is 1.98. The molecule has 0 spiro atoms. The van der Waals surface area contributed by atoms with E-state index in [1.807, 2.05) is 37.4 Å². The van der Waals surface area contributed by atoms with Crippen LogP contribution in [0.5, 0.6) is 5.75 Å². The van der Waals surface area contributed by atoms with Gasteiger partial charge in [0.05, 0.1) is 11.8 Å². The quantitative estimate of drug-likeness (QED) is 0.894. The summed E-state index contributed by atoms with van der Waals surface area (Å²) < 4.78 is 5.72. The second kappa shape index (κ2) is 4.64. The molecule has 1 aromatic heterocycles. The number of ether oxygens (including phenoxy) is 1. The average molecular weight is 241 g/mol. The molecule has 1 aromatic carbocycles. The Morgan fingerprint density at radius 2 is 1.94 bits per heavy atom. The Labute approximate surface area is 106 Å². The lowest BCUT2D eigenvalue weighted by molar-refractivity contribution is 0.303. The highest BCUT2D eigenvalue weighted by Crippen LogP contribution is 2.28. The number of hydrogen-bond acceptors (Lipinski definition) is 4. The van der Waals surface area contributed by atoms with Gasteiger partial charge in [0.15, 0.2) is 0 Å². The lowest BCUT2D eigenvalue weighted by Crippen LogP contribution is -1.96. The predicted octanol–water partition coefficient (Wildman–Crippen LogP) is 2.73. The van der Waals surface area contributed by atoms with E-state index in [1.54, 1.807) is 6.33 Å². The summed E-state index contributed by atoms with van der Waals surface area (Å²) in [5.74, 6) is 1.75. The highest BCUT2D eigenvalue weighted by atomic mass is 16.5. The summed E-state index contributed by atoms with van der Waals surface area (Å²) >= 11 is 0. The highest BCUT2D eigenvalue weighted by Gasteiger charge is 2.23. The zero-order valence-corrected chi connectivity index (χ0v) is 10.3. The largest absolute Gasteiger partial charge is 0.490 e. The fourth-order valence-corrected chi connectivity index (χ4v) is 1.73. The molecule has 92 valence electrons. The van der Waals surface area contributed by atoms with E-state index in [1.165, 1.54) is 12.8 Å². The monoisotopic (exact) mass is 241 g/mol. The number of benzene rings is 1. The number of nitrogens with one attached hydrogen (secondary N) is 1. The maximum atomic E-state index is 5.72. The molecule has 1 heterocycles. The maximum Gasteiger partial charge on any atom is 0.129 e. The molecule has 4 heteroatoms. The van der Waals surface area contributed by atoms with Crippen LogP contribution >= 0.6 is 0 Å². The van der Waals surface area contributed by atoms with Crippen molar-refractivity contribution in [3.8, 4) is 17.0 Å². The molecule has 1 fully saturated rings. The summed E-state index contributed by atoms with van der Waals surface area (Å²) in [7, 11) is 1.85. The van der Waals surface area contributed by atoms with Crippen LogP contribution in [0.3, 0.4) is 0 Å². The minimum Gasteiger partial charge on any atom is -0.490 e. The van der Waals surface area contributed by atoms with Gasteiger partial charge in [-0.2, -0.15) is 0 Å². The van der Waals surface area contributed by atoms with Gasteiger partial charge in [-0.05, 0) is 37.1 Å². The first-order valence-corrected chi connectivity index (χ1v) is 6.12. The van der Waals surface area contributed by atoms with E-state index >= 15 is 0 Å². The summed E-state index contributed by atoms with van der Waals surface area (Å²) in [4.78, 5) is 8.37. The second-order valence-corrected chi connectivity index (χ2v) is 4.38. The van der Waals surface area contributed by atoms with Gasteiger partial charge in [-0.25, -0.2) is 9.97 Å². The van der Waals surface area contributed by atoms with Crippen molar-refractivity contribution in [1.29, 1.82) is 0 Å². The summed E-state index contributed by atoms with van der Waals surface area (Å²) in [6.07, 6.45) is 4.36. The van der Waals surface area contributed by atoms with Crippen LogP contribution in [0, 0.1) is 0 Å². The summed E-state index contributed by atoms with van der Waals surface area (Å²) in [6.45, 7) is 0. The van der Waals surface area contributed by atoms with Gasteiger partial charge in [-0.1, -0.05) is 0 Å². The predicted molar refractivity (Wildman–Crippen MR) is 70.7 cm³/mol. The van der Waals surface area contributed by atoms with Crippen molar-refractivity contribution < 1.29 is 4.74 Å². The molecule has 0 bridgehead atoms. The van der Waals surface area contributed by atoms with E-state index in [0.717, 1.165) is 22.8 Å². The van der Waals surface area contributed by atoms with Crippen LogP contribution in [-0.4, -0.2) is 23.1 Å².